The van der Waals surface area contributed by atoms with Crippen molar-refractivity contribution in [3.63, 3.8) is 0 Å². The Morgan fingerprint density at radius 3 is 2.61 bits per heavy atom. The van der Waals surface area contributed by atoms with Gasteiger partial charge in [-0.25, -0.2) is 9.69 Å². The standard InChI is InChI=1S/C30H34Cl2N6OS2/c1-2-33-30(40)34-19-23-27(29(39)36-37-16-6-3-7-17-37)35-38(25-14-11-21(31)18-24(25)32)28(23)26-15-13-22(41-26)12-10-20-8-4-5-9-20/h11,13-15,18,20H,2-9,16-17,19H2,1H3,(H,36,39)(H2,33,34,40). The Hall–Kier alpha value is -2.61. The van der Waals surface area contributed by atoms with Gasteiger partial charge in [0.05, 0.1) is 26.2 Å². The summed E-state index contributed by atoms with van der Waals surface area (Å²) in [4.78, 5) is 15.7. The Bertz CT molecular complexity index is 1460. The zero-order valence-corrected chi connectivity index (χ0v) is 26.2. The van der Waals surface area contributed by atoms with Gasteiger partial charge >= 0.3 is 0 Å². The maximum absolute atomic E-state index is 13.7. The predicted molar refractivity (Wildman–Crippen MR) is 172 cm³/mol. The van der Waals surface area contributed by atoms with Crippen LogP contribution < -0.4 is 16.1 Å². The molecular formula is C30H34Cl2N6OS2. The highest BCUT2D eigenvalue weighted by Gasteiger charge is 2.28. The Kier molecular flexibility index (Phi) is 10.2. The van der Waals surface area contributed by atoms with Crippen molar-refractivity contribution in [1.82, 2.24) is 30.8 Å². The second kappa shape index (κ2) is 14.0. The summed E-state index contributed by atoms with van der Waals surface area (Å²) in [5, 5.41) is 14.7. The Morgan fingerprint density at radius 1 is 1.10 bits per heavy atom. The monoisotopic (exact) mass is 628 g/mol. The van der Waals surface area contributed by atoms with Crippen LogP contribution in [0.1, 0.15) is 72.8 Å². The molecule has 11 heteroatoms. The first kappa shape index (κ1) is 29.9. The van der Waals surface area contributed by atoms with Gasteiger partial charge in [-0.05, 0) is 75.2 Å². The lowest BCUT2D eigenvalue weighted by molar-refractivity contribution is 0.0743. The number of halogens is 2. The Labute approximate surface area is 260 Å². The SMILES string of the molecule is CCNC(=S)NCc1c(C(=O)NN2CCCCC2)nn(-c2ccc(Cl)cc2Cl)c1-c1ccc(C#CC2CCCC2)s1. The lowest BCUT2D eigenvalue weighted by Gasteiger charge is -2.26. The first-order valence-corrected chi connectivity index (χ1v) is 16.2. The van der Waals surface area contributed by atoms with Crippen molar-refractivity contribution < 1.29 is 4.79 Å². The summed E-state index contributed by atoms with van der Waals surface area (Å²) in [6, 6.07) is 9.35. The highest BCUT2D eigenvalue weighted by Crippen LogP contribution is 2.37. The molecule has 3 N–H and O–H groups in total. The van der Waals surface area contributed by atoms with Crippen molar-refractivity contribution in [1.29, 1.82) is 0 Å². The number of benzene rings is 1. The van der Waals surface area contributed by atoms with Crippen LogP contribution in [-0.2, 0) is 6.54 Å². The van der Waals surface area contributed by atoms with E-state index >= 15 is 0 Å². The van der Waals surface area contributed by atoms with Gasteiger partial charge in [0, 0.05) is 42.7 Å². The number of rotatable bonds is 7. The van der Waals surface area contributed by atoms with E-state index in [1.165, 1.54) is 32.1 Å². The molecule has 1 amide bonds. The van der Waals surface area contributed by atoms with E-state index in [9.17, 15) is 4.79 Å². The summed E-state index contributed by atoms with van der Waals surface area (Å²) in [5.41, 5.74) is 5.52. The first-order chi connectivity index (χ1) is 19.9. The van der Waals surface area contributed by atoms with Gasteiger partial charge < -0.3 is 10.6 Å². The van der Waals surface area contributed by atoms with Gasteiger partial charge in [0.15, 0.2) is 10.8 Å². The predicted octanol–water partition coefficient (Wildman–Crippen LogP) is 6.56. The number of amides is 1. The van der Waals surface area contributed by atoms with Gasteiger partial charge in [-0.15, -0.1) is 11.3 Å². The molecule has 1 aromatic carbocycles. The highest BCUT2D eigenvalue weighted by atomic mass is 35.5. The molecule has 0 bridgehead atoms. The summed E-state index contributed by atoms with van der Waals surface area (Å²) in [7, 11) is 0. The molecule has 1 aliphatic carbocycles. The van der Waals surface area contributed by atoms with Crippen LogP contribution in [0.25, 0.3) is 16.3 Å². The normalized spacial score (nSPS) is 15.8. The fourth-order valence-corrected chi connectivity index (χ4v) is 6.88. The third kappa shape index (κ3) is 7.43. The molecule has 216 valence electrons. The van der Waals surface area contributed by atoms with Crippen molar-refractivity contribution in [2.24, 2.45) is 5.92 Å². The van der Waals surface area contributed by atoms with E-state index in [1.807, 2.05) is 30.1 Å². The molecule has 0 spiro atoms. The van der Waals surface area contributed by atoms with E-state index in [0.717, 1.165) is 46.9 Å². The quantitative estimate of drug-likeness (QED) is 0.203. The lowest BCUT2D eigenvalue weighted by Crippen LogP contribution is -2.45. The van der Waals surface area contributed by atoms with E-state index in [0.29, 0.717) is 45.5 Å². The number of hydrazine groups is 1. The number of piperidine rings is 1. The molecule has 1 saturated carbocycles. The van der Waals surface area contributed by atoms with E-state index in [-0.39, 0.29) is 5.91 Å². The van der Waals surface area contributed by atoms with Crippen LogP contribution in [-0.4, -0.2) is 45.4 Å². The van der Waals surface area contributed by atoms with Crippen molar-refractivity contribution in [3.8, 4) is 28.1 Å². The first-order valence-electron chi connectivity index (χ1n) is 14.2. The van der Waals surface area contributed by atoms with E-state index in [2.05, 4.69) is 27.9 Å². The minimum atomic E-state index is -0.263. The summed E-state index contributed by atoms with van der Waals surface area (Å²) < 4.78 is 1.75. The average Bonchev–Trinajstić information content (AvgIpc) is 3.71. The van der Waals surface area contributed by atoms with Crippen LogP contribution in [0.4, 0.5) is 0 Å². The molecule has 3 heterocycles. The highest BCUT2D eigenvalue weighted by molar-refractivity contribution is 7.80. The van der Waals surface area contributed by atoms with Crippen molar-refractivity contribution >= 4 is 57.8 Å². The van der Waals surface area contributed by atoms with Gasteiger partial charge in [-0.1, -0.05) is 54.3 Å². The lowest BCUT2D eigenvalue weighted by atomic mass is 10.1. The number of aromatic nitrogens is 2. The molecule has 2 fully saturated rings. The number of nitrogens with zero attached hydrogens (tertiary/aromatic N) is 3. The number of carbonyl (C=O) groups is 1. The van der Waals surface area contributed by atoms with Crippen LogP contribution in [0, 0.1) is 17.8 Å². The van der Waals surface area contributed by atoms with Gasteiger partial charge in [0.2, 0.25) is 0 Å². The summed E-state index contributed by atoms with van der Waals surface area (Å²) in [6.45, 7) is 4.60. The number of carbonyl (C=O) groups excluding carboxylic acids is 1. The molecule has 0 atom stereocenters. The zero-order valence-electron chi connectivity index (χ0n) is 23.1. The minimum Gasteiger partial charge on any atom is -0.363 e. The molecule has 0 unspecified atom stereocenters. The molecule has 2 aliphatic rings. The fourth-order valence-electron chi connectivity index (χ4n) is 5.25. The maximum Gasteiger partial charge on any atom is 0.286 e. The van der Waals surface area contributed by atoms with Crippen molar-refractivity contribution in [2.45, 2.75) is 58.4 Å². The van der Waals surface area contributed by atoms with Gasteiger partial charge in [-0.3, -0.25) is 10.2 Å². The van der Waals surface area contributed by atoms with Crippen LogP contribution in [0.2, 0.25) is 10.0 Å². The molecular weight excluding hydrogens is 595 g/mol. The van der Waals surface area contributed by atoms with Gasteiger partial charge in [-0.2, -0.15) is 5.10 Å². The molecule has 3 aromatic rings. The van der Waals surface area contributed by atoms with Crippen LogP contribution in [0.5, 0.6) is 0 Å². The van der Waals surface area contributed by atoms with E-state index < -0.39 is 0 Å². The third-order valence-electron chi connectivity index (χ3n) is 7.31. The number of thiophene rings is 1. The molecule has 7 nitrogen and oxygen atoms in total. The fraction of sp³-hybridized carbons (Fsp3) is 0.433. The van der Waals surface area contributed by atoms with E-state index in [4.69, 9.17) is 40.5 Å². The number of hydrogen-bond acceptors (Lipinski definition) is 5. The molecule has 1 saturated heterocycles. The largest absolute Gasteiger partial charge is 0.363 e. The third-order valence-corrected chi connectivity index (χ3v) is 9.14. The van der Waals surface area contributed by atoms with Crippen LogP contribution in [0.3, 0.4) is 0 Å². The second-order valence-corrected chi connectivity index (χ2v) is 12.6. The summed E-state index contributed by atoms with van der Waals surface area (Å²) in [5.74, 6) is 7.05. The van der Waals surface area contributed by atoms with Gasteiger partial charge in [0.25, 0.3) is 5.91 Å². The van der Waals surface area contributed by atoms with Crippen LogP contribution >= 0.6 is 46.8 Å². The topological polar surface area (TPSA) is 74.2 Å². The van der Waals surface area contributed by atoms with Crippen LogP contribution in [0.15, 0.2) is 30.3 Å². The number of thiocarbonyl (C=S) groups is 1. The van der Waals surface area contributed by atoms with E-state index in [1.54, 1.807) is 28.2 Å². The molecule has 41 heavy (non-hydrogen) atoms. The van der Waals surface area contributed by atoms with Crippen molar-refractivity contribution in [3.05, 3.63) is 56.5 Å². The Balaban J connectivity index is 1.60. The molecule has 5 rings (SSSR count). The summed E-state index contributed by atoms with van der Waals surface area (Å²) in [6.07, 6.45) is 8.11. The van der Waals surface area contributed by atoms with Gasteiger partial charge in [0.1, 0.15) is 0 Å². The zero-order chi connectivity index (χ0) is 28.8. The second-order valence-electron chi connectivity index (χ2n) is 10.3. The Morgan fingerprint density at radius 2 is 1.88 bits per heavy atom. The summed E-state index contributed by atoms with van der Waals surface area (Å²) >= 11 is 20.0. The smallest absolute Gasteiger partial charge is 0.286 e. The maximum atomic E-state index is 13.7. The molecule has 2 aromatic heterocycles. The number of nitrogens with one attached hydrogen (secondary N) is 3. The minimum absolute atomic E-state index is 0.263. The average molecular weight is 630 g/mol. The van der Waals surface area contributed by atoms with Crippen molar-refractivity contribution in [2.75, 3.05) is 19.6 Å². The molecule has 0 radical (unpaired) electrons. The molecule has 1 aliphatic heterocycles. The number of hydrogen-bond donors (Lipinski definition) is 3.